The Hall–Kier alpha value is -0.330. The molecule has 2 N–H and O–H groups in total. The largest absolute Gasteiger partial charge is 0.323 e. The molecule has 0 aliphatic carbocycles. The average molecular weight is 379 g/mol. The van der Waals surface area contributed by atoms with Crippen molar-refractivity contribution in [2.45, 2.75) is 31.7 Å². The van der Waals surface area contributed by atoms with E-state index in [1.165, 1.54) is 0 Å². The molecule has 0 spiro atoms. The third-order valence-corrected chi connectivity index (χ3v) is 4.46. The molecule has 1 aromatic rings. The predicted octanol–water partition coefficient (Wildman–Crippen LogP) is 3.42. The minimum Gasteiger partial charge on any atom is -0.323 e. The maximum atomic E-state index is 12.4. The van der Waals surface area contributed by atoms with Crippen molar-refractivity contribution in [1.29, 1.82) is 0 Å². The Morgan fingerprint density at radius 1 is 1.61 bits per heavy atom. The van der Waals surface area contributed by atoms with Crippen molar-refractivity contribution in [1.82, 2.24) is 5.32 Å². The lowest BCUT2D eigenvalue weighted by Gasteiger charge is -2.26. The van der Waals surface area contributed by atoms with Crippen LogP contribution in [-0.2, 0) is 4.79 Å². The van der Waals surface area contributed by atoms with Gasteiger partial charge in [-0.05, 0) is 66.6 Å². The van der Waals surface area contributed by atoms with Crippen molar-refractivity contribution >= 4 is 45.8 Å². The first-order valence-electron chi connectivity index (χ1n) is 6.09. The monoisotopic (exact) mass is 378 g/mol. The van der Waals surface area contributed by atoms with E-state index in [1.807, 2.05) is 19.1 Å². The van der Waals surface area contributed by atoms with E-state index in [1.54, 1.807) is 6.07 Å². The van der Waals surface area contributed by atoms with Crippen LogP contribution in [0.5, 0.6) is 0 Å². The molecule has 0 saturated carbocycles. The Morgan fingerprint density at radius 3 is 3.00 bits per heavy atom. The number of nitrogens with one attached hydrogen (secondary N) is 2. The van der Waals surface area contributed by atoms with Crippen molar-refractivity contribution in [3.63, 3.8) is 0 Å². The maximum Gasteiger partial charge on any atom is 0.244 e. The van der Waals surface area contributed by atoms with E-state index in [0.29, 0.717) is 10.7 Å². The highest BCUT2D eigenvalue weighted by Gasteiger charge is 2.39. The second-order valence-electron chi connectivity index (χ2n) is 4.54. The van der Waals surface area contributed by atoms with Crippen LogP contribution in [0.25, 0.3) is 0 Å². The summed E-state index contributed by atoms with van der Waals surface area (Å²) in [5.74, 6) is 0.0198. The summed E-state index contributed by atoms with van der Waals surface area (Å²) >= 11 is 8.30. The fraction of sp³-hybridized carbons (Fsp3) is 0.462. The second-order valence-corrected chi connectivity index (χ2v) is 6.20. The van der Waals surface area contributed by atoms with Crippen LogP contribution in [-0.4, -0.2) is 18.0 Å². The first kappa shape index (κ1) is 14.1. The van der Waals surface area contributed by atoms with E-state index in [2.05, 4.69) is 33.2 Å². The molecule has 98 valence electrons. The molecule has 1 fully saturated rings. The standard InChI is InChI=1S/C13H16ClIN2O/c1-2-13(6-3-7-16-13)12(18)17-11-8-9(15)4-5-10(11)14/h4-5,8,16H,2-3,6-7H2,1H3,(H,17,18). The number of carbonyl (C=O) groups excluding carboxylic acids is 1. The normalized spacial score (nSPS) is 23.1. The van der Waals surface area contributed by atoms with Crippen LogP contribution in [0.4, 0.5) is 5.69 Å². The molecule has 1 aliphatic heterocycles. The third kappa shape index (κ3) is 2.81. The van der Waals surface area contributed by atoms with Crippen LogP contribution in [0.1, 0.15) is 26.2 Å². The molecular formula is C13H16ClIN2O. The van der Waals surface area contributed by atoms with E-state index < -0.39 is 5.54 Å². The van der Waals surface area contributed by atoms with Gasteiger partial charge in [-0.1, -0.05) is 18.5 Å². The van der Waals surface area contributed by atoms with E-state index >= 15 is 0 Å². The van der Waals surface area contributed by atoms with Gasteiger partial charge in [0, 0.05) is 3.57 Å². The number of halogens is 2. The number of anilines is 1. The first-order chi connectivity index (χ1) is 8.57. The van der Waals surface area contributed by atoms with Crippen molar-refractivity contribution in [2.24, 2.45) is 0 Å². The fourth-order valence-electron chi connectivity index (χ4n) is 2.30. The molecule has 1 aliphatic rings. The SMILES string of the molecule is CCC1(C(=O)Nc2cc(I)ccc2Cl)CCCN1. The maximum absolute atomic E-state index is 12.4. The van der Waals surface area contributed by atoms with Gasteiger partial charge in [0.05, 0.1) is 16.2 Å². The molecule has 3 nitrogen and oxygen atoms in total. The summed E-state index contributed by atoms with van der Waals surface area (Å²) in [4.78, 5) is 12.4. The van der Waals surface area contributed by atoms with Crippen LogP contribution < -0.4 is 10.6 Å². The number of carbonyl (C=O) groups is 1. The van der Waals surface area contributed by atoms with Crippen LogP contribution in [0.15, 0.2) is 18.2 Å². The minimum absolute atomic E-state index is 0.0198. The molecule has 18 heavy (non-hydrogen) atoms. The molecule has 5 heteroatoms. The van der Waals surface area contributed by atoms with E-state index in [0.717, 1.165) is 29.4 Å². The quantitative estimate of drug-likeness (QED) is 0.792. The summed E-state index contributed by atoms with van der Waals surface area (Å²) in [5, 5.41) is 6.84. The predicted molar refractivity (Wildman–Crippen MR) is 83.1 cm³/mol. The second kappa shape index (κ2) is 5.75. The molecule has 1 heterocycles. The summed E-state index contributed by atoms with van der Waals surface area (Å²) in [6, 6.07) is 5.61. The Labute approximate surface area is 126 Å². The van der Waals surface area contributed by atoms with Crippen molar-refractivity contribution in [2.75, 3.05) is 11.9 Å². The Kier molecular flexibility index (Phi) is 4.50. The van der Waals surface area contributed by atoms with Crippen molar-refractivity contribution < 1.29 is 4.79 Å². The fourth-order valence-corrected chi connectivity index (χ4v) is 2.95. The molecule has 1 atom stereocenters. The number of amides is 1. The number of benzene rings is 1. The molecule has 0 radical (unpaired) electrons. The molecule has 1 saturated heterocycles. The number of hydrogen-bond donors (Lipinski definition) is 2. The Balaban J connectivity index is 2.18. The number of rotatable bonds is 3. The summed E-state index contributed by atoms with van der Waals surface area (Å²) in [6.45, 7) is 2.94. The summed E-state index contributed by atoms with van der Waals surface area (Å²) < 4.78 is 1.05. The van der Waals surface area contributed by atoms with Crippen LogP contribution in [0.3, 0.4) is 0 Å². The summed E-state index contributed by atoms with van der Waals surface area (Å²) in [5.41, 5.74) is 0.264. The zero-order chi connectivity index (χ0) is 13.2. The topological polar surface area (TPSA) is 41.1 Å². The lowest BCUT2D eigenvalue weighted by atomic mass is 9.93. The van der Waals surface area contributed by atoms with Crippen molar-refractivity contribution in [3.8, 4) is 0 Å². The van der Waals surface area contributed by atoms with Crippen LogP contribution in [0, 0.1) is 3.57 Å². The van der Waals surface area contributed by atoms with Gasteiger partial charge in [-0.25, -0.2) is 0 Å². The highest BCUT2D eigenvalue weighted by atomic mass is 127. The van der Waals surface area contributed by atoms with Gasteiger partial charge in [-0.3, -0.25) is 4.79 Å². The lowest BCUT2D eigenvalue weighted by Crippen LogP contribution is -2.50. The molecule has 0 bridgehead atoms. The van der Waals surface area contributed by atoms with E-state index in [9.17, 15) is 4.79 Å². The molecule has 2 rings (SSSR count). The molecule has 1 aromatic carbocycles. The van der Waals surface area contributed by atoms with Crippen LogP contribution >= 0.6 is 34.2 Å². The van der Waals surface area contributed by atoms with E-state index in [-0.39, 0.29) is 5.91 Å². The van der Waals surface area contributed by atoms with Gasteiger partial charge in [0.15, 0.2) is 0 Å². The van der Waals surface area contributed by atoms with Gasteiger partial charge >= 0.3 is 0 Å². The van der Waals surface area contributed by atoms with Gasteiger partial charge in [0.2, 0.25) is 5.91 Å². The highest BCUT2D eigenvalue weighted by Crippen LogP contribution is 2.28. The highest BCUT2D eigenvalue weighted by molar-refractivity contribution is 14.1. The third-order valence-electron chi connectivity index (χ3n) is 3.46. The first-order valence-corrected chi connectivity index (χ1v) is 7.54. The van der Waals surface area contributed by atoms with Crippen LogP contribution in [0.2, 0.25) is 5.02 Å². The zero-order valence-electron chi connectivity index (χ0n) is 10.2. The Morgan fingerprint density at radius 2 is 2.39 bits per heavy atom. The molecule has 1 unspecified atom stereocenters. The summed E-state index contributed by atoms with van der Waals surface area (Å²) in [6.07, 6.45) is 2.72. The lowest BCUT2D eigenvalue weighted by molar-refractivity contribution is -0.122. The molecule has 1 amide bonds. The molecular weight excluding hydrogens is 363 g/mol. The number of hydrogen-bond acceptors (Lipinski definition) is 2. The van der Waals surface area contributed by atoms with Gasteiger partial charge < -0.3 is 10.6 Å². The smallest absolute Gasteiger partial charge is 0.244 e. The summed E-state index contributed by atoms with van der Waals surface area (Å²) in [7, 11) is 0. The Bertz CT molecular complexity index is 458. The van der Waals surface area contributed by atoms with Gasteiger partial charge in [0.1, 0.15) is 0 Å². The van der Waals surface area contributed by atoms with Gasteiger partial charge in [-0.15, -0.1) is 0 Å². The van der Waals surface area contributed by atoms with Gasteiger partial charge in [0.25, 0.3) is 0 Å². The molecule has 0 aromatic heterocycles. The van der Waals surface area contributed by atoms with Gasteiger partial charge in [-0.2, -0.15) is 0 Å². The zero-order valence-corrected chi connectivity index (χ0v) is 13.1. The minimum atomic E-state index is -0.426. The van der Waals surface area contributed by atoms with Crippen molar-refractivity contribution in [3.05, 3.63) is 26.8 Å². The average Bonchev–Trinajstić information content (AvgIpc) is 2.84. The van der Waals surface area contributed by atoms with E-state index in [4.69, 9.17) is 11.6 Å².